The van der Waals surface area contributed by atoms with Crippen LogP contribution in [0.3, 0.4) is 0 Å². The third kappa shape index (κ3) is 2.80. The maximum atomic E-state index is 12.4. The zero-order valence-electron chi connectivity index (χ0n) is 11.3. The van der Waals surface area contributed by atoms with E-state index < -0.39 is 10.2 Å². The van der Waals surface area contributed by atoms with Gasteiger partial charge in [0.05, 0.1) is 18.9 Å². The Labute approximate surface area is 123 Å². The molecule has 0 radical (unpaired) electrons. The van der Waals surface area contributed by atoms with Gasteiger partial charge < -0.3 is 9.84 Å². The van der Waals surface area contributed by atoms with Crippen LogP contribution in [0.2, 0.25) is 0 Å². The average Bonchev–Trinajstić information content (AvgIpc) is 2.49. The Kier molecular flexibility index (Phi) is 3.71. The zero-order chi connectivity index (χ0) is 14.9. The van der Waals surface area contributed by atoms with Crippen LogP contribution in [0.1, 0.15) is 0 Å². The summed E-state index contributed by atoms with van der Waals surface area (Å²) < 4.78 is 33.9. The summed E-state index contributed by atoms with van der Waals surface area (Å²) >= 11 is 0. The van der Waals surface area contributed by atoms with Gasteiger partial charge in [-0.1, -0.05) is 24.3 Å². The molecule has 1 saturated heterocycles. The molecular weight excluding hydrogens is 292 g/mol. The molecule has 0 aromatic heterocycles. The molecular formula is C14H16N2O4S. The van der Waals surface area contributed by atoms with Crippen LogP contribution in [0, 0.1) is 0 Å². The van der Waals surface area contributed by atoms with Crippen LogP contribution >= 0.6 is 0 Å². The molecule has 0 saturated carbocycles. The van der Waals surface area contributed by atoms with E-state index in [0.29, 0.717) is 42.8 Å². The second-order valence-electron chi connectivity index (χ2n) is 4.80. The maximum Gasteiger partial charge on any atom is 0.301 e. The molecule has 0 atom stereocenters. The van der Waals surface area contributed by atoms with E-state index in [0.717, 1.165) is 0 Å². The van der Waals surface area contributed by atoms with E-state index in [1.165, 1.54) is 4.31 Å². The van der Waals surface area contributed by atoms with Gasteiger partial charge in [0, 0.05) is 23.9 Å². The predicted octanol–water partition coefficient (Wildman–Crippen LogP) is 1.53. The zero-order valence-corrected chi connectivity index (χ0v) is 12.1. The van der Waals surface area contributed by atoms with Crippen LogP contribution in [-0.4, -0.2) is 44.1 Å². The molecule has 0 aliphatic carbocycles. The van der Waals surface area contributed by atoms with Gasteiger partial charge in [-0.25, -0.2) is 0 Å². The fourth-order valence-electron chi connectivity index (χ4n) is 2.37. The summed E-state index contributed by atoms with van der Waals surface area (Å²) in [6.45, 7) is 1.48. The number of morpholine rings is 1. The fraction of sp³-hybridized carbons (Fsp3) is 0.286. The minimum atomic E-state index is -3.62. The lowest BCUT2D eigenvalue weighted by Gasteiger charge is -2.26. The Hall–Kier alpha value is -1.83. The highest BCUT2D eigenvalue weighted by atomic mass is 32.2. The SMILES string of the molecule is O=S(=O)(Nc1cccc2c(O)cccc12)N1CCOCC1. The van der Waals surface area contributed by atoms with Gasteiger partial charge in [-0.2, -0.15) is 12.7 Å². The largest absolute Gasteiger partial charge is 0.507 e. The molecule has 1 heterocycles. The molecule has 7 heteroatoms. The fourth-order valence-corrected chi connectivity index (χ4v) is 3.59. The van der Waals surface area contributed by atoms with Crippen molar-refractivity contribution in [3.8, 4) is 5.75 Å². The summed E-state index contributed by atoms with van der Waals surface area (Å²) in [5.41, 5.74) is 0.454. The first-order chi connectivity index (χ1) is 10.1. The van der Waals surface area contributed by atoms with E-state index in [-0.39, 0.29) is 5.75 Å². The van der Waals surface area contributed by atoms with Crippen molar-refractivity contribution in [1.82, 2.24) is 4.31 Å². The molecule has 2 N–H and O–H groups in total. The molecule has 3 rings (SSSR count). The van der Waals surface area contributed by atoms with Crippen LogP contribution in [0.4, 0.5) is 5.69 Å². The standard InChI is InChI=1S/C14H16N2O4S/c17-14-6-2-3-11-12(14)4-1-5-13(11)15-21(18,19)16-7-9-20-10-8-16/h1-6,15,17H,7-10H2. The molecule has 0 unspecified atom stereocenters. The average molecular weight is 308 g/mol. The van der Waals surface area contributed by atoms with Gasteiger partial charge in [-0.05, 0) is 12.1 Å². The van der Waals surface area contributed by atoms with Crippen molar-refractivity contribution in [2.45, 2.75) is 0 Å². The van der Waals surface area contributed by atoms with E-state index in [1.807, 2.05) is 0 Å². The number of nitrogens with one attached hydrogen (secondary N) is 1. The summed E-state index contributed by atoms with van der Waals surface area (Å²) in [6.07, 6.45) is 0. The number of ether oxygens (including phenoxy) is 1. The number of phenolic OH excluding ortho intramolecular Hbond substituents is 1. The third-order valence-corrected chi connectivity index (χ3v) is 4.97. The lowest BCUT2D eigenvalue weighted by Crippen LogP contribution is -2.43. The Morgan fingerprint density at radius 1 is 1.05 bits per heavy atom. The number of rotatable bonds is 3. The second-order valence-corrected chi connectivity index (χ2v) is 6.47. The Morgan fingerprint density at radius 3 is 2.48 bits per heavy atom. The van der Waals surface area contributed by atoms with Gasteiger partial charge >= 0.3 is 10.2 Å². The quantitative estimate of drug-likeness (QED) is 0.901. The van der Waals surface area contributed by atoms with Gasteiger partial charge in [0.25, 0.3) is 0 Å². The summed E-state index contributed by atoms with van der Waals surface area (Å²) in [5.74, 6) is 0.125. The highest BCUT2D eigenvalue weighted by molar-refractivity contribution is 7.90. The Morgan fingerprint density at radius 2 is 1.71 bits per heavy atom. The monoisotopic (exact) mass is 308 g/mol. The van der Waals surface area contributed by atoms with Crippen molar-refractivity contribution in [2.24, 2.45) is 0 Å². The van der Waals surface area contributed by atoms with Crippen molar-refractivity contribution in [2.75, 3.05) is 31.0 Å². The third-order valence-electron chi connectivity index (χ3n) is 3.45. The Balaban J connectivity index is 1.96. The molecule has 1 fully saturated rings. The first-order valence-corrected chi connectivity index (χ1v) is 8.08. The van der Waals surface area contributed by atoms with Crippen LogP contribution in [0.15, 0.2) is 36.4 Å². The van der Waals surface area contributed by atoms with Gasteiger partial charge in [0.15, 0.2) is 0 Å². The maximum absolute atomic E-state index is 12.4. The molecule has 2 aromatic rings. The number of anilines is 1. The normalized spacial score (nSPS) is 17.0. The smallest absolute Gasteiger partial charge is 0.301 e. The molecule has 0 amide bonds. The van der Waals surface area contributed by atoms with Crippen LogP contribution < -0.4 is 4.72 Å². The number of fused-ring (bicyclic) bond motifs is 1. The van der Waals surface area contributed by atoms with E-state index in [1.54, 1.807) is 36.4 Å². The second kappa shape index (κ2) is 5.51. The van der Waals surface area contributed by atoms with Crippen molar-refractivity contribution in [3.05, 3.63) is 36.4 Å². The Bertz CT molecular complexity index is 755. The van der Waals surface area contributed by atoms with Crippen molar-refractivity contribution < 1.29 is 18.3 Å². The van der Waals surface area contributed by atoms with Crippen LogP contribution in [0.25, 0.3) is 10.8 Å². The minimum absolute atomic E-state index is 0.125. The molecule has 0 spiro atoms. The molecule has 21 heavy (non-hydrogen) atoms. The van der Waals surface area contributed by atoms with E-state index in [9.17, 15) is 13.5 Å². The van der Waals surface area contributed by atoms with Crippen LogP contribution in [-0.2, 0) is 14.9 Å². The minimum Gasteiger partial charge on any atom is -0.507 e. The number of aromatic hydroxyl groups is 1. The van der Waals surface area contributed by atoms with Crippen molar-refractivity contribution >= 4 is 26.7 Å². The molecule has 6 nitrogen and oxygen atoms in total. The predicted molar refractivity (Wildman–Crippen MR) is 80.5 cm³/mol. The molecule has 1 aliphatic rings. The summed E-state index contributed by atoms with van der Waals surface area (Å²) in [5, 5.41) is 11.1. The number of phenols is 1. The summed E-state index contributed by atoms with van der Waals surface area (Å²) in [6, 6.07) is 10.2. The van der Waals surface area contributed by atoms with E-state index >= 15 is 0 Å². The van der Waals surface area contributed by atoms with Gasteiger partial charge in [-0.3, -0.25) is 4.72 Å². The number of hydrogen-bond donors (Lipinski definition) is 2. The topological polar surface area (TPSA) is 78.9 Å². The highest BCUT2D eigenvalue weighted by Crippen LogP contribution is 2.30. The molecule has 0 bridgehead atoms. The van der Waals surface area contributed by atoms with E-state index in [4.69, 9.17) is 4.74 Å². The molecule has 1 aliphatic heterocycles. The number of benzene rings is 2. The van der Waals surface area contributed by atoms with E-state index in [2.05, 4.69) is 4.72 Å². The first-order valence-electron chi connectivity index (χ1n) is 6.64. The molecule has 2 aromatic carbocycles. The van der Waals surface area contributed by atoms with Gasteiger partial charge in [-0.15, -0.1) is 0 Å². The number of hydrogen-bond acceptors (Lipinski definition) is 4. The highest BCUT2D eigenvalue weighted by Gasteiger charge is 2.24. The number of nitrogens with zero attached hydrogens (tertiary/aromatic N) is 1. The molecule has 112 valence electrons. The van der Waals surface area contributed by atoms with Gasteiger partial charge in [0.1, 0.15) is 5.75 Å². The van der Waals surface area contributed by atoms with Crippen molar-refractivity contribution in [1.29, 1.82) is 0 Å². The summed E-state index contributed by atoms with van der Waals surface area (Å²) in [4.78, 5) is 0. The first kappa shape index (κ1) is 14.1. The van der Waals surface area contributed by atoms with Crippen LogP contribution in [0.5, 0.6) is 5.75 Å². The van der Waals surface area contributed by atoms with Gasteiger partial charge in [0.2, 0.25) is 0 Å². The van der Waals surface area contributed by atoms with Crippen molar-refractivity contribution in [3.63, 3.8) is 0 Å². The lowest BCUT2D eigenvalue weighted by atomic mass is 10.1. The lowest BCUT2D eigenvalue weighted by molar-refractivity contribution is 0.0733. The summed E-state index contributed by atoms with van der Waals surface area (Å²) in [7, 11) is -3.62.